The van der Waals surface area contributed by atoms with Crippen LogP contribution in [0.5, 0.6) is 0 Å². The van der Waals surface area contributed by atoms with E-state index in [9.17, 15) is 14.0 Å². The van der Waals surface area contributed by atoms with Crippen LogP contribution in [0, 0.1) is 5.82 Å². The van der Waals surface area contributed by atoms with Gasteiger partial charge in [-0.25, -0.2) is 4.39 Å². The number of carbonyl (C=O) groups excluding carboxylic acids is 1. The van der Waals surface area contributed by atoms with Crippen LogP contribution in [-0.2, 0) is 4.79 Å². The monoisotopic (exact) mass is 253 g/mol. The number of rotatable bonds is 4. The lowest BCUT2D eigenvalue weighted by molar-refractivity contribution is -0.139. The van der Waals surface area contributed by atoms with Gasteiger partial charge in [-0.3, -0.25) is 9.59 Å². The standard InChI is InChI=1S/C13H16FNO3/c1-13(2,8-11(16)17)15(3)12(18)9-5-4-6-10(14)7-9/h4-7H,8H2,1-3H3,(H,16,17). The number of aliphatic carboxylic acids is 1. The van der Waals surface area contributed by atoms with E-state index < -0.39 is 23.2 Å². The van der Waals surface area contributed by atoms with Gasteiger partial charge < -0.3 is 10.0 Å². The van der Waals surface area contributed by atoms with Crippen LogP contribution in [0.4, 0.5) is 4.39 Å². The summed E-state index contributed by atoms with van der Waals surface area (Å²) >= 11 is 0. The SMILES string of the molecule is CN(C(=O)c1cccc(F)c1)C(C)(C)CC(=O)O. The van der Waals surface area contributed by atoms with Crippen molar-refractivity contribution in [2.24, 2.45) is 0 Å². The first kappa shape index (κ1) is 14.2. The summed E-state index contributed by atoms with van der Waals surface area (Å²) in [6.07, 6.45) is -0.176. The van der Waals surface area contributed by atoms with Crippen molar-refractivity contribution < 1.29 is 19.1 Å². The molecule has 0 spiro atoms. The second-order valence-corrected chi connectivity index (χ2v) is 4.76. The molecule has 0 unspecified atom stereocenters. The lowest BCUT2D eigenvalue weighted by Crippen LogP contribution is -2.46. The highest BCUT2D eigenvalue weighted by atomic mass is 19.1. The number of carboxylic acids is 1. The fourth-order valence-corrected chi connectivity index (χ4v) is 1.58. The molecule has 0 radical (unpaired) electrons. The van der Waals surface area contributed by atoms with Crippen molar-refractivity contribution in [1.29, 1.82) is 0 Å². The molecule has 1 aromatic carbocycles. The minimum absolute atomic E-state index is 0.176. The van der Waals surface area contributed by atoms with Crippen molar-refractivity contribution in [2.45, 2.75) is 25.8 Å². The van der Waals surface area contributed by atoms with Crippen molar-refractivity contribution in [3.8, 4) is 0 Å². The van der Waals surface area contributed by atoms with E-state index in [1.807, 2.05) is 0 Å². The Kier molecular flexibility index (Phi) is 4.06. The van der Waals surface area contributed by atoms with E-state index in [1.54, 1.807) is 13.8 Å². The minimum Gasteiger partial charge on any atom is -0.481 e. The Labute approximate surface area is 105 Å². The molecule has 0 aliphatic rings. The van der Waals surface area contributed by atoms with Crippen LogP contribution in [-0.4, -0.2) is 34.5 Å². The summed E-state index contributed by atoms with van der Waals surface area (Å²) in [6.45, 7) is 3.30. The molecule has 0 aliphatic carbocycles. The smallest absolute Gasteiger partial charge is 0.305 e. The first-order valence-electron chi connectivity index (χ1n) is 5.49. The Morgan fingerprint density at radius 2 is 2.00 bits per heavy atom. The third-order valence-corrected chi connectivity index (χ3v) is 2.87. The van der Waals surface area contributed by atoms with Gasteiger partial charge in [-0.2, -0.15) is 0 Å². The Hall–Kier alpha value is -1.91. The Morgan fingerprint density at radius 1 is 1.39 bits per heavy atom. The van der Waals surface area contributed by atoms with E-state index in [0.29, 0.717) is 0 Å². The molecule has 0 bridgehead atoms. The normalized spacial score (nSPS) is 11.1. The molecule has 1 N–H and O–H groups in total. The van der Waals surface area contributed by atoms with E-state index in [-0.39, 0.29) is 12.0 Å². The molecule has 0 saturated carbocycles. The number of carboxylic acid groups (broad SMARTS) is 1. The summed E-state index contributed by atoms with van der Waals surface area (Å²) in [5, 5.41) is 8.80. The average Bonchev–Trinajstić information content (AvgIpc) is 2.25. The molecule has 1 rings (SSSR count). The van der Waals surface area contributed by atoms with Gasteiger partial charge in [0.05, 0.1) is 6.42 Å². The van der Waals surface area contributed by atoms with Crippen LogP contribution < -0.4 is 0 Å². The zero-order valence-electron chi connectivity index (χ0n) is 10.6. The van der Waals surface area contributed by atoms with E-state index >= 15 is 0 Å². The van der Waals surface area contributed by atoms with Crippen molar-refractivity contribution in [2.75, 3.05) is 7.05 Å². The molecule has 98 valence electrons. The maximum absolute atomic E-state index is 13.0. The Morgan fingerprint density at radius 3 is 2.50 bits per heavy atom. The highest BCUT2D eigenvalue weighted by molar-refractivity contribution is 5.94. The van der Waals surface area contributed by atoms with Gasteiger partial charge in [0.2, 0.25) is 0 Å². The molecular formula is C13H16FNO3. The van der Waals surface area contributed by atoms with Gasteiger partial charge >= 0.3 is 5.97 Å². The van der Waals surface area contributed by atoms with Crippen molar-refractivity contribution in [1.82, 2.24) is 4.90 Å². The summed E-state index contributed by atoms with van der Waals surface area (Å²) < 4.78 is 13.0. The van der Waals surface area contributed by atoms with Crippen LogP contribution in [0.25, 0.3) is 0 Å². The van der Waals surface area contributed by atoms with Crippen molar-refractivity contribution >= 4 is 11.9 Å². The number of nitrogens with zero attached hydrogens (tertiary/aromatic N) is 1. The van der Waals surface area contributed by atoms with Crippen LogP contribution in [0.1, 0.15) is 30.6 Å². The Balaban J connectivity index is 2.93. The predicted molar refractivity (Wildman–Crippen MR) is 64.8 cm³/mol. The molecule has 0 saturated heterocycles. The van der Waals surface area contributed by atoms with Gasteiger partial charge in [-0.15, -0.1) is 0 Å². The number of hydrogen-bond acceptors (Lipinski definition) is 2. The van der Waals surface area contributed by atoms with Crippen LogP contribution >= 0.6 is 0 Å². The Bertz CT molecular complexity index is 471. The number of hydrogen-bond donors (Lipinski definition) is 1. The second kappa shape index (κ2) is 5.16. The fraction of sp³-hybridized carbons (Fsp3) is 0.385. The summed E-state index contributed by atoms with van der Waals surface area (Å²) in [5.74, 6) is -1.88. The van der Waals surface area contributed by atoms with Crippen LogP contribution in [0.3, 0.4) is 0 Å². The largest absolute Gasteiger partial charge is 0.481 e. The highest BCUT2D eigenvalue weighted by Crippen LogP contribution is 2.20. The van der Waals surface area contributed by atoms with E-state index in [1.165, 1.54) is 30.1 Å². The van der Waals surface area contributed by atoms with Gasteiger partial charge in [0.1, 0.15) is 5.82 Å². The number of halogens is 1. The quantitative estimate of drug-likeness (QED) is 0.894. The van der Waals surface area contributed by atoms with Crippen LogP contribution in [0.15, 0.2) is 24.3 Å². The van der Waals surface area contributed by atoms with Gasteiger partial charge in [-0.1, -0.05) is 6.07 Å². The molecule has 4 nitrogen and oxygen atoms in total. The van der Waals surface area contributed by atoms with E-state index in [2.05, 4.69) is 0 Å². The molecule has 1 aromatic rings. The molecular weight excluding hydrogens is 237 g/mol. The zero-order valence-corrected chi connectivity index (χ0v) is 10.6. The fourth-order valence-electron chi connectivity index (χ4n) is 1.58. The number of amides is 1. The van der Waals surface area contributed by atoms with Gasteiger partial charge in [-0.05, 0) is 32.0 Å². The van der Waals surface area contributed by atoms with E-state index in [4.69, 9.17) is 5.11 Å². The van der Waals surface area contributed by atoms with Crippen molar-refractivity contribution in [3.05, 3.63) is 35.6 Å². The maximum Gasteiger partial charge on any atom is 0.305 e. The molecule has 0 aliphatic heterocycles. The number of carbonyl (C=O) groups is 2. The van der Waals surface area contributed by atoms with Gasteiger partial charge in [0.15, 0.2) is 0 Å². The molecule has 0 heterocycles. The van der Waals surface area contributed by atoms with Gasteiger partial charge in [0.25, 0.3) is 5.91 Å². The zero-order chi connectivity index (χ0) is 13.9. The summed E-state index contributed by atoms with van der Waals surface area (Å²) in [6, 6.07) is 5.33. The molecule has 0 atom stereocenters. The molecule has 18 heavy (non-hydrogen) atoms. The average molecular weight is 253 g/mol. The third kappa shape index (κ3) is 3.29. The summed E-state index contributed by atoms with van der Waals surface area (Å²) in [4.78, 5) is 24.1. The lowest BCUT2D eigenvalue weighted by atomic mass is 9.97. The van der Waals surface area contributed by atoms with Gasteiger partial charge in [0, 0.05) is 18.2 Å². The lowest BCUT2D eigenvalue weighted by Gasteiger charge is -2.34. The molecule has 0 fully saturated rings. The number of benzene rings is 1. The van der Waals surface area contributed by atoms with Crippen LogP contribution in [0.2, 0.25) is 0 Å². The minimum atomic E-state index is -0.987. The highest BCUT2D eigenvalue weighted by Gasteiger charge is 2.30. The molecule has 5 heteroatoms. The third-order valence-electron chi connectivity index (χ3n) is 2.87. The topological polar surface area (TPSA) is 57.6 Å². The predicted octanol–water partition coefficient (Wildman–Crippen LogP) is 2.15. The summed E-state index contributed by atoms with van der Waals surface area (Å²) in [5.41, 5.74) is -0.633. The first-order valence-corrected chi connectivity index (χ1v) is 5.49. The van der Waals surface area contributed by atoms with Crippen molar-refractivity contribution in [3.63, 3.8) is 0 Å². The van der Waals surface area contributed by atoms with E-state index in [0.717, 1.165) is 6.07 Å². The first-order chi connectivity index (χ1) is 8.24. The maximum atomic E-state index is 13.0. The summed E-state index contributed by atoms with van der Waals surface area (Å²) in [7, 11) is 1.51. The second-order valence-electron chi connectivity index (χ2n) is 4.76. The molecule has 1 amide bonds. The molecule has 0 aromatic heterocycles.